The number of urea groups is 1. The molecule has 0 aromatic carbocycles. The van der Waals surface area contributed by atoms with E-state index in [0.29, 0.717) is 0 Å². The predicted octanol–water partition coefficient (Wildman–Crippen LogP) is 0.248. The van der Waals surface area contributed by atoms with E-state index in [1.807, 2.05) is 13.8 Å². The summed E-state index contributed by atoms with van der Waals surface area (Å²) in [7, 11) is 0. The number of hydrogen-bond donors (Lipinski definition) is 0. The summed E-state index contributed by atoms with van der Waals surface area (Å²) >= 11 is 0. The number of hydrogen-bond acceptors (Lipinski definition) is 3. The third-order valence-corrected chi connectivity index (χ3v) is 2.09. The molecule has 0 aromatic rings. The lowest BCUT2D eigenvalue weighted by Crippen LogP contribution is -2.38. The third-order valence-electron chi connectivity index (χ3n) is 2.09. The minimum atomic E-state index is -0.361. The van der Waals surface area contributed by atoms with Gasteiger partial charge in [-0.1, -0.05) is 0 Å². The molecule has 1 fully saturated rings. The van der Waals surface area contributed by atoms with Gasteiger partial charge < -0.3 is 4.90 Å². The van der Waals surface area contributed by atoms with Crippen molar-refractivity contribution in [2.24, 2.45) is 0 Å². The highest BCUT2D eigenvalue weighted by Crippen LogP contribution is 2.12. The molecule has 1 rings (SSSR count). The molecule has 14 heavy (non-hydrogen) atoms. The number of ketones is 1. The number of rotatable bonds is 3. The molecule has 0 saturated carbocycles. The molecule has 3 amide bonds. The molecule has 0 N–H and O–H groups in total. The van der Waals surface area contributed by atoms with Crippen molar-refractivity contribution in [1.29, 1.82) is 0 Å². The van der Waals surface area contributed by atoms with Gasteiger partial charge in [-0.3, -0.25) is 14.5 Å². The maximum atomic E-state index is 11.6. The number of nitrogens with zero attached hydrogens (tertiary/aromatic N) is 2. The maximum absolute atomic E-state index is 11.6. The van der Waals surface area contributed by atoms with Gasteiger partial charge in [0.1, 0.15) is 12.3 Å². The van der Waals surface area contributed by atoms with Gasteiger partial charge in [0, 0.05) is 6.04 Å². The Labute approximate surface area is 82.7 Å². The van der Waals surface area contributed by atoms with Crippen LogP contribution in [0.4, 0.5) is 4.79 Å². The Bertz CT molecular complexity index is 286. The average molecular weight is 198 g/mol. The highest BCUT2D eigenvalue weighted by Gasteiger charge is 2.37. The quantitative estimate of drug-likeness (QED) is 0.611. The van der Waals surface area contributed by atoms with Crippen LogP contribution in [0, 0.1) is 0 Å². The van der Waals surface area contributed by atoms with Gasteiger partial charge in [-0.05, 0) is 20.8 Å². The average Bonchev–Trinajstić information content (AvgIpc) is 2.31. The smallest absolute Gasteiger partial charge is 0.313 e. The molecule has 1 aliphatic heterocycles. The molecule has 1 saturated heterocycles. The number of carbonyl (C=O) groups excluding carboxylic acids is 3. The first-order valence-corrected chi connectivity index (χ1v) is 4.54. The Hall–Kier alpha value is -1.39. The summed E-state index contributed by atoms with van der Waals surface area (Å²) in [6.07, 6.45) is 0. The molecule has 0 spiro atoms. The van der Waals surface area contributed by atoms with Gasteiger partial charge in [0.2, 0.25) is 0 Å². The molecule has 0 atom stereocenters. The Morgan fingerprint density at radius 3 is 2.36 bits per heavy atom. The molecule has 0 radical (unpaired) electrons. The van der Waals surface area contributed by atoms with Gasteiger partial charge in [-0.2, -0.15) is 0 Å². The van der Waals surface area contributed by atoms with E-state index in [9.17, 15) is 14.4 Å². The van der Waals surface area contributed by atoms with Crippen LogP contribution in [0.25, 0.3) is 0 Å². The molecule has 1 heterocycles. The number of Topliss-reactive ketones (excluding diaryl/α,β-unsaturated/α-hetero) is 1. The van der Waals surface area contributed by atoms with Crippen LogP contribution in [0.2, 0.25) is 0 Å². The number of carbonyl (C=O) groups is 3. The van der Waals surface area contributed by atoms with Crippen LogP contribution in [0.1, 0.15) is 20.8 Å². The first-order chi connectivity index (χ1) is 6.43. The van der Waals surface area contributed by atoms with E-state index in [1.165, 1.54) is 11.8 Å². The SMILES string of the molecule is CC(=O)CN1C(=O)CN(C(C)C)C1=O. The summed E-state index contributed by atoms with van der Waals surface area (Å²) in [5.41, 5.74) is 0. The van der Waals surface area contributed by atoms with Gasteiger partial charge >= 0.3 is 6.03 Å². The molecular weight excluding hydrogens is 184 g/mol. The fraction of sp³-hybridized carbons (Fsp3) is 0.667. The normalized spacial score (nSPS) is 17.1. The molecule has 5 heteroatoms. The van der Waals surface area contributed by atoms with E-state index in [1.54, 1.807) is 0 Å². The fourth-order valence-corrected chi connectivity index (χ4v) is 1.34. The van der Waals surface area contributed by atoms with Crippen molar-refractivity contribution in [2.75, 3.05) is 13.1 Å². The van der Waals surface area contributed by atoms with Crippen LogP contribution in [0.15, 0.2) is 0 Å². The molecule has 78 valence electrons. The summed E-state index contributed by atoms with van der Waals surface area (Å²) in [5, 5.41) is 0. The predicted molar refractivity (Wildman–Crippen MR) is 49.6 cm³/mol. The molecule has 0 aromatic heterocycles. The largest absolute Gasteiger partial charge is 0.327 e. The van der Waals surface area contributed by atoms with Crippen LogP contribution < -0.4 is 0 Å². The minimum Gasteiger partial charge on any atom is -0.313 e. The first kappa shape index (κ1) is 10.7. The lowest BCUT2D eigenvalue weighted by Gasteiger charge is -2.19. The highest BCUT2D eigenvalue weighted by atomic mass is 16.2. The second kappa shape index (κ2) is 3.77. The van der Waals surface area contributed by atoms with Gasteiger partial charge in [0.15, 0.2) is 0 Å². The van der Waals surface area contributed by atoms with Crippen LogP contribution >= 0.6 is 0 Å². The van der Waals surface area contributed by atoms with Crippen LogP contribution in [-0.4, -0.2) is 46.7 Å². The van der Waals surface area contributed by atoms with Crippen molar-refractivity contribution in [3.63, 3.8) is 0 Å². The fourth-order valence-electron chi connectivity index (χ4n) is 1.34. The second-order valence-electron chi connectivity index (χ2n) is 3.69. The van der Waals surface area contributed by atoms with E-state index in [2.05, 4.69) is 0 Å². The van der Waals surface area contributed by atoms with Gasteiger partial charge in [-0.25, -0.2) is 4.79 Å². The van der Waals surface area contributed by atoms with Gasteiger partial charge in [0.25, 0.3) is 5.91 Å². The van der Waals surface area contributed by atoms with Crippen molar-refractivity contribution in [2.45, 2.75) is 26.8 Å². The van der Waals surface area contributed by atoms with E-state index < -0.39 is 0 Å². The van der Waals surface area contributed by atoms with E-state index in [0.717, 1.165) is 4.90 Å². The Kier molecular flexibility index (Phi) is 2.88. The summed E-state index contributed by atoms with van der Waals surface area (Å²) < 4.78 is 0. The van der Waals surface area contributed by atoms with Crippen molar-refractivity contribution in [3.8, 4) is 0 Å². The monoisotopic (exact) mass is 198 g/mol. The summed E-state index contributed by atoms with van der Waals surface area (Å²) in [5.74, 6) is -0.476. The lowest BCUT2D eigenvalue weighted by molar-refractivity contribution is -0.129. The number of imide groups is 1. The molecular formula is C9H14N2O3. The van der Waals surface area contributed by atoms with Crippen LogP contribution in [0.5, 0.6) is 0 Å². The van der Waals surface area contributed by atoms with E-state index in [-0.39, 0.29) is 36.9 Å². The van der Waals surface area contributed by atoms with Crippen molar-refractivity contribution in [1.82, 2.24) is 9.80 Å². The number of amides is 3. The summed E-state index contributed by atoms with van der Waals surface area (Å²) in [6.45, 7) is 5.01. The zero-order valence-corrected chi connectivity index (χ0v) is 8.61. The molecule has 1 aliphatic rings. The van der Waals surface area contributed by atoms with Crippen molar-refractivity contribution >= 4 is 17.7 Å². The Morgan fingerprint density at radius 2 is 2.00 bits per heavy atom. The van der Waals surface area contributed by atoms with Crippen molar-refractivity contribution < 1.29 is 14.4 Å². The van der Waals surface area contributed by atoms with Gasteiger partial charge in [0.05, 0.1) is 6.54 Å². The first-order valence-electron chi connectivity index (χ1n) is 4.54. The highest BCUT2D eigenvalue weighted by molar-refractivity contribution is 6.04. The lowest BCUT2D eigenvalue weighted by atomic mass is 10.3. The van der Waals surface area contributed by atoms with Crippen molar-refractivity contribution in [3.05, 3.63) is 0 Å². The van der Waals surface area contributed by atoms with Gasteiger partial charge in [-0.15, -0.1) is 0 Å². The zero-order chi connectivity index (χ0) is 10.9. The summed E-state index contributed by atoms with van der Waals surface area (Å²) in [6, 6.07) is -0.372. The van der Waals surface area contributed by atoms with E-state index in [4.69, 9.17) is 0 Å². The second-order valence-corrected chi connectivity index (χ2v) is 3.69. The van der Waals surface area contributed by atoms with Crippen LogP contribution in [-0.2, 0) is 9.59 Å². The third kappa shape index (κ3) is 1.92. The Morgan fingerprint density at radius 1 is 1.43 bits per heavy atom. The summed E-state index contributed by atoms with van der Waals surface area (Å²) in [4.78, 5) is 36.2. The standard InChI is InChI=1S/C9H14N2O3/c1-6(2)10-5-8(13)11(9(10)14)4-7(3)12/h6H,4-5H2,1-3H3. The molecule has 0 aliphatic carbocycles. The minimum absolute atomic E-state index is 0.0107. The Balaban J connectivity index is 2.75. The molecule has 0 unspecified atom stereocenters. The zero-order valence-electron chi connectivity index (χ0n) is 8.61. The molecule has 5 nitrogen and oxygen atoms in total. The molecule has 0 bridgehead atoms. The van der Waals surface area contributed by atoms with Crippen LogP contribution in [0.3, 0.4) is 0 Å². The topological polar surface area (TPSA) is 57.7 Å². The van der Waals surface area contributed by atoms with E-state index >= 15 is 0 Å². The maximum Gasteiger partial charge on any atom is 0.327 e.